The third-order valence-corrected chi connectivity index (χ3v) is 1.17. The second kappa shape index (κ2) is 11.4. The zero-order valence-corrected chi connectivity index (χ0v) is 11.6. The predicted octanol–water partition coefficient (Wildman–Crippen LogP) is -4.00. The van der Waals surface area contributed by atoms with Crippen molar-refractivity contribution in [1.82, 2.24) is 5.32 Å². The fourth-order valence-electron chi connectivity index (χ4n) is 0.617. The van der Waals surface area contributed by atoms with Gasteiger partial charge in [0.2, 0.25) is 0 Å². The van der Waals surface area contributed by atoms with Gasteiger partial charge in [0.15, 0.2) is 0 Å². The number of likely N-dealkylation sites (N-methyl/N-ethyl adjacent to an activating group) is 1. The van der Waals surface area contributed by atoms with Gasteiger partial charge in [0.1, 0.15) is 0 Å². The summed E-state index contributed by atoms with van der Waals surface area (Å²) in [6.45, 7) is 3.78. The van der Waals surface area contributed by atoms with E-state index in [1.807, 2.05) is 6.92 Å². The van der Waals surface area contributed by atoms with E-state index in [9.17, 15) is 9.90 Å². The van der Waals surface area contributed by atoms with Crippen LogP contribution in [0.3, 0.4) is 0 Å². The van der Waals surface area contributed by atoms with Crippen molar-refractivity contribution in [2.24, 2.45) is 4.99 Å². The average Bonchev–Trinajstić information content (AvgIpc) is 2.09. The summed E-state index contributed by atoms with van der Waals surface area (Å²) >= 11 is 0. The Bertz CT molecular complexity index is 217. The molecule has 0 fully saturated rings. The number of nitrogens with one attached hydrogen (secondary N) is 1. The van der Waals surface area contributed by atoms with Gasteiger partial charge in [-0.05, 0) is 18.5 Å². The van der Waals surface area contributed by atoms with Crippen LogP contribution in [0.2, 0.25) is 0 Å². The Balaban J connectivity index is 0. The van der Waals surface area contributed by atoms with Crippen molar-refractivity contribution in [3.05, 3.63) is 12.2 Å². The van der Waals surface area contributed by atoms with Crippen LogP contribution >= 0.6 is 0 Å². The van der Waals surface area contributed by atoms with Crippen molar-refractivity contribution in [3.63, 3.8) is 0 Å². The van der Waals surface area contributed by atoms with Crippen LogP contribution in [-0.2, 0) is 4.79 Å². The van der Waals surface area contributed by atoms with Gasteiger partial charge in [-0.3, -0.25) is 4.99 Å². The van der Waals surface area contributed by atoms with Crippen LogP contribution in [0, 0.1) is 0 Å². The third kappa shape index (κ3) is 12.3. The molecule has 14 heavy (non-hydrogen) atoms. The molecular formula is C8H13KN2O3. The summed E-state index contributed by atoms with van der Waals surface area (Å²) in [4.78, 5) is 13.6. The molecule has 0 saturated heterocycles. The van der Waals surface area contributed by atoms with Crippen LogP contribution in [0.25, 0.3) is 0 Å². The fraction of sp³-hybridized carbons (Fsp3) is 0.500. The molecule has 0 unspecified atom stereocenters. The van der Waals surface area contributed by atoms with Crippen LogP contribution in [0.4, 0.5) is 0 Å². The van der Waals surface area contributed by atoms with E-state index in [1.54, 1.807) is 0 Å². The van der Waals surface area contributed by atoms with Gasteiger partial charge in [0.25, 0.3) is 0 Å². The minimum absolute atomic E-state index is 0. The first-order valence-electron chi connectivity index (χ1n) is 4.00. The molecule has 0 atom stereocenters. The van der Waals surface area contributed by atoms with Crippen LogP contribution in [0.15, 0.2) is 17.1 Å². The number of aliphatic imine (C=N–C) groups is 1. The van der Waals surface area contributed by atoms with E-state index in [-0.39, 0.29) is 51.4 Å². The maximum atomic E-state index is 10.8. The molecule has 6 heteroatoms. The van der Waals surface area contributed by atoms with Crippen molar-refractivity contribution < 1.29 is 66.4 Å². The van der Waals surface area contributed by atoms with Crippen LogP contribution < -0.4 is 61.8 Å². The Morgan fingerprint density at radius 2 is 2.21 bits per heavy atom. The van der Waals surface area contributed by atoms with E-state index < -0.39 is 11.9 Å². The summed E-state index contributed by atoms with van der Waals surface area (Å²) in [6, 6.07) is 0. The minimum atomic E-state index is -1.14. The summed E-state index contributed by atoms with van der Waals surface area (Å²) in [5.74, 6) is -1.66. The van der Waals surface area contributed by atoms with Gasteiger partial charge in [-0.25, -0.2) is 4.79 Å². The quantitative estimate of drug-likeness (QED) is 0.158. The number of hydrogen-bond acceptors (Lipinski definition) is 4. The molecule has 0 aliphatic carbocycles. The molecule has 0 aromatic carbocycles. The molecule has 0 rings (SSSR count). The zero-order chi connectivity index (χ0) is 10.1. The molecule has 0 aromatic rings. The molecule has 0 heterocycles. The first kappa shape index (κ1) is 16.7. The fourth-order valence-corrected chi connectivity index (χ4v) is 0.617. The Morgan fingerprint density at radius 1 is 1.57 bits per heavy atom. The third-order valence-electron chi connectivity index (χ3n) is 1.17. The Labute approximate surface area is 126 Å². The van der Waals surface area contributed by atoms with Gasteiger partial charge >= 0.3 is 57.4 Å². The SMILES string of the molecule is CCNCCN=C([O-])/C=C/C(=O)O.[K+]. The molecule has 74 valence electrons. The number of nitrogens with zero attached hydrogens (tertiary/aromatic N) is 1. The number of carboxylic acid groups (broad SMARTS) is 1. The molecule has 0 spiro atoms. The van der Waals surface area contributed by atoms with Crippen molar-refractivity contribution in [2.45, 2.75) is 6.92 Å². The smallest absolute Gasteiger partial charge is 0.859 e. The molecule has 2 N–H and O–H groups in total. The Kier molecular flexibility index (Phi) is 13.5. The van der Waals surface area contributed by atoms with E-state index in [0.29, 0.717) is 13.1 Å². The first-order chi connectivity index (χ1) is 6.16. The molecule has 0 aromatic heterocycles. The maximum absolute atomic E-state index is 10.8. The molecule has 0 amide bonds. The summed E-state index contributed by atoms with van der Waals surface area (Å²) in [7, 11) is 0. The summed E-state index contributed by atoms with van der Waals surface area (Å²) in [5, 5.41) is 21.9. The molecule has 0 saturated carbocycles. The van der Waals surface area contributed by atoms with E-state index in [4.69, 9.17) is 5.11 Å². The van der Waals surface area contributed by atoms with Crippen LogP contribution in [-0.4, -0.2) is 36.6 Å². The number of hydrogen-bond donors (Lipinski definition) is 2. The summed E-state index contributed by atoms with van der Waals surface area (Å²) in [5.41, 5.74) is 0. The number of carboxylic acids is 1. The van der Waals surface area contributed by atoms with Crippen molar-refractivity contribution in [2.75, 3.05) is 19.6 Å². The molecule has 0 radical (unpaired) electrons. The van der Waals surface area contributed by atoms with Gasteiger partial charge in [0.05, 0.1) is 6.54 Å². The van der Waals surface area contributed by atoms with Gasteiger partial charge in [-0.1, -0.05) is 6.92 Å². The zero-order valence-electron chi connectivity index (χ0n) is 8.49. The summed E-state index contributed by atoms with van der Waals surface area (Å²) in [6.07, 6.45) is 1.72. The van der Waals surface area contributed by atoms with E-state index in [1.165, 1.54) is 0 Å². The first-order valence-corrected chi connectivity index (χ1v) is 4.00. The average molecular weight is 224 g/mol. The van der Waals surface area contributed by atoms with E-state index in [0.717, 1.165) is 18.7 Å². The Morgan fingerprint density at radius 3 is 2.71 bits per heavy atom. The van der Waals surface area contributed by atoms with E-state index in [2.05, 4.69) is 10.3 Å². The second-order valence-corrected chi connectivity index (χ2v) is 2.25. The van der Waals surface area contributed by atoms with Gasteiger partial charge in [0, 0.05) is 12.6 Å². The number of rotatable bonds is 6. The standard InChI is InChI=1S/C8H14N2O3.K/c1-2-9-5-6-10-7(11)3-4-8(12)13;/h3-4,9H,2,5-6H2,1H3,(H,10,11)(H,12,13);/q;+1/p-1/b4-3+;. The van der Waals surface area contributed by atoms with E-state index >= 15 is 0 Å². The van der Waals surface area contributed by atoms with Crippen molar-refractivity contribution in [3.8, 4) is 0 Å². The Hall–Kier alpha value is 0.276. The van der Waals surface area contributed by atoms with Gasteiger partial charge in [-0.15, -0.1) is 0 Å². The maximum Gasteiger partial charge on any atom is 1.00 e. The minimum Gasteiger partial charge on any atom is -0.859 e. The number of carbonyl (C=O) groups is 1. The molecule has 0 bridgehead atoms. The predicted molar refractivity (Wildman–Crippen MR) is 47.6 cm³/mol. The molecule has 0 aliphatic heterocycles. The van der Waals surface area contributed by atoms with Crippen molar-refractivity contribution in [1.29, 1.82) is 0 Å². The van der Waals surface area contributed by atoms with Crippen LogP contribution in [0.5, 0.6) is 0 Å². The van der Waals surface area contributed by atoms with Gasteiger partial charge < -0.3 is 15.5 Å². The second-order valence-electron chi connectivity index (χ2n) is 2.25. The summed E-state index contributed by atoms with van der Waals surface area (Å²) < 4.78 is 0. The monoisotopic (exact) mass is 224 g/mol. The largest absolute Gasteiger partial charge is 1.00 e. The normalized spacial score (nSPS) is 11.4. The van der Waals surface area contributed by atoms with Gasteiger partial charge in [-0.2, -0.15) is 0 Å². The van der Waals surface area contributed by atoms with Crippen molar-refractivity contribution >= 4 is 11.9 Å². The topological polar surface area (TPSA) is 84.8 Å². The molecule has 0 aliphatic rings. The molecule has 5 nitrogen and oxygen atoms in total. The molecular weight excluding hydrogens is 211 g/mol. The number of aliphatic carboxylic acids is 1. The van der Waals surface area contributed by atoms with Crippen LogP contribution in [0.1, 0.15) is 6.92 Å².